The minimum atomic E-state index is -3.76. The second kappa shape index (κ2) is 15.7. The molecule has 0 N–H and O–H groups in total. The molecule has 0 radical (unpaired) electrons. The minimum absolute atomic E-state index is 0.330. The predicted octanol–water partition coefficient (Wildman–Crippen LogP) is 13.1. The molecule has 0 saturated carbocycles. The lowest BCUT2D eigenvalue weighted by Gasteiger charge is -2.22. The van der Waals surface area contributed by atoms with Gasteiger partial charge in [-0.1, -0.05) is 177 Å². The maximum Gasteiger partial charge on any atom is 0.204 e. The van der Waals surface area contributed by atoms with E-state index in [9.17, 15) is 16.8 Å². The van der Waals surface area contributed by atoms with Crippen molar-refractivity contribution in [1.82, 2.24) is 0 Å². The number of sulfone groups is 2. The van der Waals surface area contributed by atoms with Gasteiger partial charge < -0.3 is 0 Å². The van der Waals surface area contributed by atoms with Gasteiger partial charge >= 0.3 is 0 Å². The van der Waals surface area contributed by atoms with Crippen LogP contribution in [0.1, 0.15) is 85.3 Å². The summed E-state index contributed by atoms with van der Waals surface area (Å²) in [6.07, 6.45) is 11.4. The third-order valence-electron chi connectivity index (χ3n) is 12.3. The second-order valence-corrected chi connectivity index (χ2v) is 19.8. The molecule has 6 aromatic rings. The Balaban J connectivity index is 1.05. The van der Waals surface area contributed by atoms with Crippen LogP contribution in [0.5, 0.6) is 0 Å². The summed E-state index contributed by atoms with van der Waals surface area (Å²) in [6, 6.07) is 48.4. The lowest BCUT2D eigenvalue weighted by molar-refractivity contribution is 0.573. The molecule has 0 spiro atoms. The summed E-state index contributed by atoms with van der Waals surface area (Å²) in [5.41, 5.74) is 12.4. The Morgan fingerprint density at radius 2 is 1.03 bits per heavy atom. The summed E-state index contributed by atoms with van der Waals surface area (Å²) in [6.45, 7) is 3.87. The number of hydrogen-bond acceptors (Lipinski definition) is 4. The number of fused-ring (bicyclic) bond motifs is 2. The minimum Gasteiger partial charge on any atom is -0.223 e. The molecule has 0 amide bonds. The molecular weight excluding hydrogens is 765 g/mol. The second-order valence-electron chi connectivity index (χ2n) is 15.7. The van der Waals surface area contributed by atoms with Crippen molar-refractivity contribution in [2.24, 2.45) is 0 Å². The van der Waals surface area contributed by atoms with E-state index in [1.807, 2.05) is 111 Å². The summed E-state index contributed by atoms with van der Waals surface area (Å²) in [5, 5.41) is -0.614. The van der Waals surface area contributed by atoms with Crippen molar-refractivity contribution in [3.8, 4) is 22.3 Å². The Kier molecular flexibility index (Phi) is 10.3. The van der Waals surface area contributed by atoms with E-state index in [1.54, 1.807) is 0 Å². The SMILES string of the molecule is CCC1=C(C2=C(C3c4ccc(-c5ccc(/C=C/c6ccccc6)cc5)cc4S(=O)(=O)C3CC)CCC2)c2ccc(-c3ccc(/C=C/c4ccccc4)cc3)cc2S1(=O)=O. The molecule has 2 aliphatic heterocycles. The van der Waals surface area contributed by atoms with Crippen molar-refractivity contribution < 1.29 is 16.8 Å². The first-order chi connectivity index (χ1) is 28.7. The van der Waals surface area contributed by atoms with Crippen LogP contribution in [0.4, 0.5) is 0 Å². The van der Waals surface area contributed by atoms with Gasteiger partial charge in [-0.15, -0.1) is 0 Å². The summed E-state index contributed by atoms with van der Waals surface area (Å²) in [5.74, 6) is -0.330. The van der Waals surface area contributed by atoms with Gasteiger partial charge in [-0.3, -0.25) is 0 Å². The van der Waals surface area contributed by atoms with Crippen LogP contribution < -0.4 is 0 Å². The van der Waals surface area contributed by atoms with Gasteiger partial charge in [0, 0.05) is 17.1 Å². The van der Waals surface area contributed by atoms with Crippen molar-refractivity contribution in [2.75, 3.05) is 0 Å². The molecule has 0 aromatic heterocycles. The smallest absolute Gasteiger partial charge is 0.204 e. The van der Waals surface area contributed by atoms with E-state index in [-0.39, 0.29) is 5.92 Å². The van der Waals surface area contributed by atoms with Crippen LogP contribution in [0.3, 0.4) is 0 Å². The lowest BCUT2D eigenvalue weighted by atomic mass is 9.82. The third kappa shape index (κ3) is 7.08. The Bertz CT molecular complexity index is 2920. The highest BCUT2D eigenvalue weighted by molar-refractivity contribution is 7.96. The van der Waals surface area contributed by atoms with Gasteiger partial charge in [-0.25, -0.2) is 16.8 Å². The van der Waals surface area contributed by atoms with Gasteiger partial charge in [0.15, 0.2) is 9.84 Å². The van der Waals surface area contributed by atoms with Crippen molar-refractivity contribution in [3.63, 3.8) is 0 Å². The standard InChI is InChI=1S/C53H46O4S2/c1-3-48-52(46-32-30-42(34-50(46)58(48,54)55)40-26-22-38(23-27-40)20-18-36-12-7-5-8-13-36)44-16-11-17-45(44)53-47-33-31-43(35-51(47)59(56,57)49(53)4-2)41-28-24-39(25-29-41)21-19-37-14-9-6-10-15-37/h5-10,12-15,18-35,48,52H,3-4,11,16-17H2,1-2H3/b20-18+,21-19+. The largest absolute Gasteiger partial charge is 0.223 e. The van der Waals surface area contributed by atoms with Crippen LogP contribution in [0, 0.1) is 0 Å². The highest BCUT2D eigenvalue weighted by Crippen LogP contribution is 2.55. The average Bonchev–Trinajstić information content (AvgIpc) is 3.90. The first-order valence-corrected chi connectivity index (χ1v) is 23.6. The molecule has 0 bridgehead atoms. The van der Waals surface area contributed by atoms with Gasteiger partial charge in [0.05, 0.1) is 19.9 Å². The van der Waals surface area contributed by atoms with E-state index in [1.165, 1.54) is 0 Å². The molecule has 1 aliphatic carbocycles. The molecule has 6 aromatic carbocycles. The van der Waals surface area contributed by atoms with E-state index < -0.39 is 24.9 Å². The van der Waals surface area contributed by atoms with Crippen LogP contribution in [-0.4, -0.2) is 22.1 Å². The van der Waals surface area contributed by atoms with E-state index in [4.69, 9.17) is 0 Å². The Morgan fingerprint density at radius 3 is 1.56 bits per heavy atom. The normalized spacial score (nSPS) is 19.2. The van der Waals surface area contributed by atoms with E-state index in [2.05, 4.69) is 72.8 Å². The molecule has 2 atom stereocenters. The molecule has 6 heteroatoms. The van der Waals surface area contributed by atoms with Crippen molar-refractivity contribution >= 4 is 49.6 Å². The molecule has 3 aliphatic rings. The van der Waals surface area contributed by atoms with Crippen molar-refractivity contribution in [3.05, 3.63) is 195 Å². The average molecular weight is 811 g/mol. The predicted molar refractivity (Wildman–Crippen MR) is 244 cm³/mol. The summed E-state index contributed by atoms with van der Waals surface area (Å²) in [4.78, 5) is 1.17. The fourth-order valence-electron chi connectivity index (χ4n) is 9.36. The zero-order valence-electron chi connectivity index (χ0n) is 33.3. The van der Waals surface area contributed by atoms with Gasteiger partial charge in [0.25, 0.3) is 0 Å². The van der Waals surface area contributed by atoms with E-state index >= 15 is 0 Å². The van der Waals surface area contributed by atoms with Crippen LogP contribution >= 0.6 is 0 Å². The number of hydrogen-bond donors (Lipinski definition) is 0. The molecular formula is C53H46O4S2. The van der Waals surface area contributed by atoms with Gasteiger partial charge in [0.2, 0.25) is 9.84 Å². The lowest BCUT2D eigenvalue weighted by Crippen LogP contribution is -2.22. The number of benzene rings is 6. The van der Waals surface area contributed by atoms with Gasteiger partial charge in [-0.2, -0.15) is 0 Å². The van der Waals surface area contributed by atoms with Crippen LogP contribution in [-0.2, 0) is 19.7 Å². The van der Waals surface area contributed by atoms with E-state index in [0.717, 1.165) is 85.2 Å². The maximum atomic E-state index is 14.4. The quantitative estimate of drug-likeness (QED) is 0.129. The zero-order valence-corrected chi connectivity index (χ0v) is 34.9. The Morgan fingerprint density at radius 1 is 0.542 bits per heavy atom. The Labute approximate surface area is 348 Å². The molecule has 2 unspecified atom stereocenters. The fourth-order valence-corrected chi connectivity index (χ4v) is 13.5. The number of rotatable bonds is 10. The molecule has 0 fully saturated rings. The van der Waals surface area contributed by atoms with Crippen LogP contribution in [0.15, 0.2) is 171 Å². The van der Waals surface area contributed by atoms with Crippen molar-refractivity contribution in [2.45, 2.75) is 66.9 Å². The topological polar surface area (TPSA) is 68.3 Å². The number of allylic oxidation sites excluding steroid dienone is 4. The van der Waals surface area contributed by atoms with Crippen LogP contribution in [0.25, 0.3) is 52.1 Å². The first-order valence-electron chi connectivity index (χ1n) is 20.6. The molecule has 9 rings (SSSR count). The van der Waals surface area contributed by atoms with Gasteiger partial charge in [0.1, 0.15) is 0 Å². The van der Waals surface area contributed by atoms with Gasteiger partial charge in [-0.05, 0) is 99.9 Å². The van der Waals surface area contributed by atoms with Crippen molar-refractivity contribution in [1.29, 1.82) is 0 Å². The molecule has 2 heterocycles. The summed E-state index contributed by atoms with van der Waals surface area (Å²) >= 11 is 0. The highest BCUT2D eigenvalue weighted by Gasteiger charge is 2.48. The Hall–Kier alpha value is -5.82. The maximum absolute atomic E-state index is 14.4. The third-order valence-corrected chi connectivity index (χ3v) is 16.7. The summed E-state index contributed by atoms with van der Waals surface area (Å²) < 4.78 is 57.7. The molecule has 59 heavy (non-hydrogen) atoms. The first kappa shape index (κ1) is 38.7. The molecule has 294 valence electrons. The van der Waals surface area contributed by atoms with E-state index in [0.29, 0.717) is 34.0 Å². The zero-order chi connectivity index (χ0) is 40.7. The summed E-state index contributed by atoms with van der Waals surface area (Å²) in [7, 11) is -7.41. The highest BCUT2D eigenvalue weighted by atomic mass is 32.2. The van der Waals surface area contributed by atoms with Crippen LogP contribution in [0.2, 0.25) is 0 Å². The fraction of sp³-hybridized carbons (Fsp3) is 0.170. The molecule has 4 nitrogen and oxygen atoms in total. The molecule has 0 saturated heterocycles. The monoisotopic (exact) mass is 810 g/mol.